The predicted octanol–water partition coefficient (Wildman–Crippen LogP) is 1.34. The number of carbonyl (C=O) groups is 2. The van der Waals surface area contributed by atoms with Crippen LogP contribution in [-0.4, -0.2) is 43.5 Å². The van der Waals surface area contributed by atoms with Crippen molar-refractivity contribution < 1.29 is 14.7 Å². The molecule has 0 aliphatic heterocycles. The Kier molecular flexibility index (Phi) is 3.84. The monoisotopic (exact) mass is 290 g/mol. The van der Waals surface area contributed by atoms with Crippen LogP contribution in [0.15, 0.2) is 12.4 Å². The number of H-pyrrole nitrogens is 1. The number of hydrogen-bond acceptors (Lipinski definition) is 3. The Morgan fingerprint density at radius 1 is 1.43 bits per heavy atom. The standard InChI is InChI=1S/C14H18N4O3/c1-8-11(9(2)16-12(8)14(20)21)13(19)18(4)7-10-15-5-6-17(10)3/h5-6,16H,7H2,1-4H3,(H,20,21). The molecular weight excluding hydrogens is 272 g/mol. The molecule has 1 amide bonds. The molecule has 7 nitrogen and oxygen atoms in total. The van der Waals surface area contributed by atoms with Crippen LogP contribution in [0.4, 0.5) is 0 Å². The number of aromatic carboxylic acids is 1. The maximum atomic E-state index is 12.5. The molecule has 2 aromatic rings. The van der Waals surface area contributed by atoms with Gasteiger partial charge in [-0.25, -0.2) is 9.78 Å². The molecule has 2 heterocycles. The number of aromatic nitrogens is 3. The highest BCUT2D eigenvalue weighted by Gasteiger charge is 2.24. The van der Waals surface area contributed by atoms with Crippen molar-refractivity contribution in [3.05, 3.63) is 40.7 Å². The van der Waals surface area contributed by atoms with Crippen molar-refractivity contribution in [2.24, 2.45) is 7.05 Å². The summed E-state index contributed by atoms with van der Waals surface area (Å²) in [5.74, 6) is -0.534. The number of carbonyl (C=O) groups excluding carboxylic acids is 1. The maximum Gasteiger partial charge on any atom is 0.352 e. The van der Waals surface area contributed by atoms with E-state index in [-0.39, 0.29) is 11.6 Å². The zero-order chi connectivity index (χ0) is 15.7. The maximum absolute atomic E-state index is 12.5. The van der Waals surface area contributed by atoms with Crippen LogP contribution in [0.5, 0.6) is 0 Å². The number of rotatable bonds is 4. The molecule has 0 spiro atoms. The second-order valence-electron chi connectivity index (χ2n) is 5.05. The van der Waals surface area contributed by atoms with Gasteiger partial charge >= 0.3 is 5.97 Å². The lowest BCUT2D eigenvalue weighted by molar-refractivity contribution is 0.0690. The van der Waals surface area contributed by atoms with Crippen molar-refractivity contribution in [2.75, 3.05) is 7.05 Å². The number of aryl methyl sites for hydroxylation is 2. The Hall–Kier alpha value is -2.57. The molecule has 2 N–H and O–H groups in total. The number of nitrogens with one attached hydrogen (secondary N) is 1. The second kappa shape index (κ2) is 5.43. The number of hydrogen-bond donors (Lipinski definition) is 2. The van der Waals surface area contributed by atoms with E-state index in [1.807, 2.05) is 17.8 Å². The van der Waals surface area contributed by atoms with Crippen LogP contribution in [0, 0.1) is 13.8 Å². The van der Waals surface area contributed by atoms with Crippen LogP contribution in [-0.2, 0) is 13.6 Å². The van der Waals surface area contributed by atoms with Crippen molar-refractivity contribution in [3.63, 3.8) is 0 Å². The third-order valence-corrected chi connectivity index (χ3v) is 3.51. The zero-order valence-corrected chi connectivity index (χ0v) is 12.5. The fraction of sp³-hybridized carbons (Fsp3) is 0.357. The lowest BCUT2D eigenvalue weighted by Crippen LogP contribution is -2.28. The van der Waals surface area contributed by atoms with E-state index in [0.717, 1.165) is 5.82 Å². The first-order valence-corrected chi connectivity index (χ1v) is 6.47. The summed E-state index contributed by atoms with van der Waals surface area (Å²) in [6, 6.07) is 0. The molecule has 0 aliphatic rings. The van der Waals surface area contributed by atoms with E-state index in [2.05, 4.69) is 9.97 Å². The summed E-state index contributed by atoms with van der Waals surface area (Å²) < 4.78 is 1.84. The van der Waals surface area contributed by atoms with E-state index >= 15 is 0 Å². The van der Waals surface area contributed by atoms with Gasteiger partial charge in [0.05, 0.1) is 12.1 Å². The SMILES string of the molecule is Cc1[nH]c(C(=O)O)c(C)c1C(=O)N(C)Cc1nccn1C. The van der Waals surface area contributed by atoms with Gasteiger partial charge in [0.2, 0.25) is 0 Å². The van der Waals surface area contributed by atoms with Gasteiger partial charge in [-0.15, -0.1) is 0 Å². The van der Waals surface area contributed by atoms with Crippen LogP contribution in [0.3, 0.4) is 0 Å². The molecule has 0 aromatic carbocycles. The molecule has 0 unspecified atom stereocenters. The van der Waals surface area contributed by atoms with E-state index in [4.69, 9.17) is 5.11 Å². The highest BCUT2D eigenvalue weighted by atomic mass is 16.4. The second-order valence-corrected chi connectivity index (χ2v) is 5.05. The molecule has 0 bridgehead atoms. The van der Waals surface area contributed by atoms with Gasteiger partial charge in [-0.1, -0.05) is 0 Å². The van der Waals surface area contributed by atoms with E-state index in [1.54, 1.807) is 27.1 Å². The Morgan fingerprint density at radius 3 is 2.57 bits per heavy atom. The Labute approximate surface area is 122 Å². The minimum atomic E-state index is -1.07. The molecule has 21 heavy (non-hydrogen) atoms. The molecule has 2 rings (SSSR count). The highest BCUT2D eigenvalue weighted by molar-refractivity contribution is 6.00. The number of nitrogens with zero attached hydrogens (tertiary/aromatic N) is 3. The fourth-order valence-corrected chi connectivity index (χ4v) is 2.31. The quantitative estimate of drug-likeness (QED) is 0.888. The van der Waals surface area contributed by atoms with Crippen LogP contribution < -0.4 is 0 Å². The zero-order valence-electron chi connectivity index (χ0n) is 12.5. The summed E-state index contributed by atoms with van der Waals surface area (Å²) in [6.45, 7) is 3.69. The molecule has 0 saturated heterocycles. The van der Waals surface area contributed by atoms with Crippen LogP contribution in [0.25, 0.3) is 0 Å². The summed E-state index contributed by atoms with van der Waals surface area (Å²) >= 11 is 0. The van der Waals surface area contributed by atoms with Gasteiger partial charge in [0, 0.05) is 32.2 Å². The average molecular weight is 290 g/mol. The first kappa shape index (κ1) is 14.8. The number of imidazole rings is 1. The third kappa shape index (κ3) is 2.67. The number of carboxylic acids is 1. The van der Waals surface area contributed by atoms with Crippen LogP contribution in [0.1, 0.15) is 37.9 Å². The van der Waals surface area contributed by atoms with Crippen molar-refractivity contribution in [2.45, 2.75) is 20.4 Å². The molecule has 2 aromatic heterocycles. The molecule has 0 fully saturated rings. The summed E-state index contributed by atoms with van der Waals surface area (Å²) in [4.78, 5) is 32.1. The number of carboxylic acid groups (broad SMARTS) is 1. The van der Waals surface area contributed by atoms with Crippen LogP contribution in [0.2, 0.25) is 0 Å². The smallest absolute Gasteiger partial charge is 0.352 e. The largest absolute Gasteiger partial charge is 0.477 e. The summed E-state index contributed by atoms with van der Waals surface area (Å²) in [7, 11) is 3.53. The lowest BCUT2D eigenvalue weighted by atomic mass is 10.1. The van der Waals surface area contributed by atoms with Crippen LogP contribution >= 0.6 is 0 Å². The highest BCUT2D eigenvalue weighted by Crippen LogP contribution is 2.20. The first-order chi connectivity index (χ1) is 9.82. The number of amides is 1. The molecule has 0 radical (unpaired) electrons. The van der Waals surface area contributed by atoms with Gasteiger partial charge in [0.1, 0.15) is 11.5 Å². The average Bonchev–Trinajstić information content (AvgIpc) is 2.93. The minimum Gasteiger partial charge on any atom is -0.477 e. The normalized spacial score (nSPS) is 10.7. The van der Waals surface area contributed by atoms with Crippen molar-refractivity contribution in [1.82, 2.24) is 19.4 Å². The van der Waals surface area contributed by atoms with Crippen molar-refractivity contribution in [1.29, 1.82) is 0 Å². The first-order valence-electron chi connectivity index (χ1n) is 6.47. The fourth-order valence-electron chi connectivity index (χ4n) is 2.31. The van der Waals surface area contributed by atoms with Gasteiger partial charge < -0.3 is 19.6 Å². The molecule has 7 heteroatoms. The minimum absolute atomic E-state index is 0.0567. The van der Waals surface area contributed by atoms with E-state index in [1.165, 1.54) is 4.90 Å². The number of aromatic amines is 1. The van der Waals surface area contributed by atoms with Gasteiger partial charge in [-0.3, -0.25) is 4.79 Å². The molecule has 0 saturated carbocycles. The Bertz CT molecular complexity index is 699. The summed E-state index contributed by atoms with van der Waals surface area (Å²) in [6.07, 6.45) is 3.48. The van der Waals surface area contributed by atoms with Crippen molar-refractivity contribution in [3.8, 4) is 0 Å². The van der Waals surface area contributed by atoms with Gasteiger partial charge in [-0.05, 0) is 19.4 Å². The molecule has 0 aliphatic carbocycles. The van der Waals surface area contributed by atoms with E-state index in [9.17, 15) is 9.59 Å². The lowest BCUT2D eigenvalue weighted by Gasteiger charge is -2.17. The van der Waals surface area contributed by atoms with Gasteiger partial charge in [0.15, 0.2) is 0 Å². The molecule has 112 valence electrons. The Balaban J connectivity index is 2.28. The van der Waals surface area contributed by atoms with E-state index in [0.29, 0.717) is 23.4 Å². The topological polar surface area (TPSA) is 91.2 Å². The molecular formula is C14H18N4O3. The Morgan fingerprint density at radius 2 is 2.10 bits per heavy atom. The predicted molar refractivity (Wildman–Crippen MR) is 76.2 cm³/mol. The third-order valence-electron chi connectivity index (χ3n) is 3.51. The summed E-state index contributed by atoms with van der Waals surface area (Å²) in [5.41, 5.74) is 1.48. The van der Waals surface area contributed by atoms with Gasteiger partial charge in [0.25, 0.3) is 5.91 Å². The molecule has 0 atom stereocenters. The van der Waals surface area contributed by atoms with Crippen molar-refractivity contribution >= 4 is 11.9 Å². The van der Waals surface area contributed by atoms with E-state index < -0.39 is 5.97 Å². The van der Waals surface area contributed by atoms with Gasteiger partial charge in [-0.2, -0.15) is 0 Å². The summed E-state index contributed by atoms with van der Waals surface area (Å²) in [5, 5.41) is 9.10.